The second kappa shape index (κ2) is 5.66. The Morgan fingerprint density at radius 2 is 1.95 bits per heavy atom. The van der Waals surface area contributed by atoms with Crippen molar-refractivity contribution in [3.63, 3.8) is 0 Å². The number of hydrogen-bond donors (Lipinski definition) is 1. The molecule has 1 aromatic heterocycles. The fraction of sp³-hybridized carbons (Fsp3) is 0.235. The molecule has 21 heavy (non-hydrogen) atoms. The minimum atomic E-state index is -0.232. The summed E-state index contributed by atoms with van der Waals surface area (Å²) < 4.78 is 15.7. The second-order valence-corrected chi connectivity index (χ2v) is 5.07. The molecule has 3 aromatic rings. The van der Waals surface area contributed by atoms with Crippen LogP contribution in [0.1, 0.15) is 23.9 Å². The maximum Gasteiger partial charge on any atom is 0.123 e. The van der Waals surface area contributed by atoms with Crippen LogP contribution in [0.4, 0.5) is 4.39 Å². The van der Waals surface area contributed by atoms with E-state index in [0.29, 0.717) is 13.1 Å². The Kier molecular flexibility index (Phi) is 3.71. The quantitative estimate of drug-likeness (QED) is 0.798. The summed E-state index contributed by atoms with van der Waals surface area (Å²) in [6, 6.07) is 12.8. The topological polar surface area (TPSA) is 43.8 Å². The molecule has 0 aliphatic rings. The first-order valence-electron chi connectivity index (χ1n) is 7.14. The number of para-hydroxylation sites is 2. The highest BCUT2D eigenvalue weighted by molar-refractivity contribution is 5.76. The van der Waals surface area contributed by atoms with Gasteiger partial charge < -0.3 is 10.3 Å². The highest BCUT2D eigenvalue weighted by Gasteiger charge is 2.11. The molecule has 2 aromatic carbocycles. The van der Waals surface area contributed by atoms with Gasteiger partial charge >= 0.3 is 0 Å². The summed E-state index contributed by atoms with van der Waals surface area (Å²) >= 11 is 0. The summed E-state index contributed by atoms with van der Waals surface area (Å²) in [7, 11) is 0. The van der Waals surface area contributed by atoms with E-state index in [-0.39, 0.29) is 5.82 Å². The lowest BCUT2D eigenvalue weighted by Crippen LogP contribution is -2.09. The van der Waals surface area contributed by atoms with E-state index in [9.17, 15) is 4.39 Å². The highest BCUT2D eigenvalue weighted by Crippen LogP contribution is 2.20. The van der Waals surface area contributed by atoms with Crippen LogP contribution in [0.25, 0.3) is 11.0 Å². The van der Waals surface area contributed by atoms with E-state index in [4.69, 9.17) is 5.73 Å². The van der Waals surface area contributed by atoms with Crippen LogP contribution < -0.4 is 5.73 Å². The van der Waals surface area contributed by atoms with Gasteiger partial charge in [-0.25, -0.2) is 9.37 Å². The van der Waals surface area contributed by atoms with Crippen LogP contribution in [-0.4, -0.2) is 9.55 Å². The number of halogens is 1. The first kappa shape index (κ1) is 13.8. The summed E-state index contributed by atoms with van der Waals surface area (Å²) in [5.41, 5.74) is 9.69. The molecule has 3 nitrogen and oxygen atoms in total. The number of rotatable bonds is 4. The van der Waals surface area contributed by atoms with Crippen LogP contribution in [0.2, 0.25) is 0 Å². The van der Waals surface area contributed by atoms with Crippen LogP contribution in [0.5, 0.6) is 0 Å². The fourth-order valence-electron chi connectivity index (χ4n) is 2.68. The Morgan fingerprint density at radius 3 is 2.71 bits per heavy atom. The lowest BCUT2D eigenvalue weighted by atomic mass is 10.1. The monoisotopic (exact) mass is 283 g/mol. The molecule has 108 valence electrons. The molecule has 2 N–H and O–H groups in total. The molecule has 0 aliphatic heterocycles. The van der Waals surface area contributed by atoms with Crippen LogP contribution in [0.15, 0.2) is 42.5 Å². The molecule has 0 aliphatic carbocycles. The van der Waals surface area contributed by atoms with E-state index < -0.39 is 0 Å². The van der Waals surface area contributed by atoms with Crippen LogP contribution in [-0.2, 0) is 19.5 Å². The molecular weight excluding hydrogens is 265 g/mol. The molecule has 0 amide bonds. The molecule has 0 unspecified atom stereocenters. The van der Waals surface area contributed by atoms with Gasteiger partial charge in [-0.05, 0) is 35.4 Å². The van der Waals surface area contributed by atoms with Gasteiger partial charge in [0.2, 0.25) is 0 Å². The van der Waals surface area contributed by atoms with Crippen molar-refractivity contribution in [3.8, 4) is 0 Å². The third kappa shape index (κ3) is 2.54. The minimum absolute atomic E-state index is 0.232. The Hall–Kier alpha value is -2.20. The Morgan fingerprint density at radius 1 is 1.14 bits per heavy atom. The zero-order valence-electron chi connectivity index (χ0n) is 12.0. The van der Waals surface area contributed by atoms with Crippen molar-refractivity contribution in [3.05, 3.63) is 65.2 Å². The molecule has 0 atom stereocenters. The Bertz CT molecular complexity index is 777. The van der Waals surface area contributed by atoms with E-state index >= 15 is 0 Å². The second-order valence-electron chi connectivity index (χ2n) is 5.07. The van der Waals surface area contributed by atoms with Crippen molar-refractivity contribution in [1.82, 2.24) is 9.55 Å². The molecule has 1 heterocycles. The zero-order chi connectivity index (χ0) is 14.8. The Labute approximate surface area is 123 Å². The number of aromatic nitrogens is 2. The van der Waals surface area contributed by atoms with E-state index in [1.165, 1.54) is 6.07 Å². The highest BCUT2D eigenvalue weighted by atomic mass is 19.1. The SMILES string of the molecule is CCc1nc2ccccc2n1Cc1cc(F)ccc1CN. The molecule has 0 fully saturated rings. The third-order valence-corrected chi connectivity index (χ3v) is 3.77. The van der Waals surface area contributed by atoms with Gasteiger partial charge in [-0.1, -0.05) is 25.1 Å². The van der Waals surface area contributed by atoms with Crippen molar-refractivity contribution < 1.29 is 4.39 Å². The average Bonchev–Trinajstić information content (AvgIpc) is 2.86. The number of imidazole rings is 1. The fourth-order valence-corrected chi connectivity index (χ4v) is 2.68. The number of aryl methyl sites for hydroxylation is 1. The third-order valence-electron chi connectivity index (χ3n) is 3.77. The summed E-state index contributed by atoms with van der Waals surface area (Å²) in [6.45, 7) is 3.07. The van der Waals surface area contributed by atoms with E-state index in [1.54, 1.807) is 12.1 Å². The molecule has 0 saturated heterocycles. The minimum Gasteiger partial charge on any atom is -0.326 e. The zero-order valence-corrected chi connectivity index (χ0v) is 12.0. The number of nitrogens with zero attached hydrogens (tertiary/aromatic N) is 2. The summed E-state index contributed by atoms with van der Waals surface area (Å²) in [5.74, 6) is 0.771. The lowest BCUT2D eigenvalue weighted by molar-refractivity contribution is 0.621. The van der Waals surface area contributed by atoms with Gasteiger partial charge in [0.1, 0.15) is 11.6 Å². The number of benzene rings is 2. The molecule has 3 rings (SSSR count). The van der Waals surface area contributed by atoms with Crippen molar-refractivity contribution in [2.75, 3.05) is 0 Å². The van der Waals surface area contributed by atoms with Crippen LogP contribution in [0.3, 0.4) is 0 Å². The Balaban J connectivity index is 2.11. The van der Waals surface area contributed by atoms with Gasteiger partial charge in [0.25, 0.3) is 0 Å². The van der Waals surface area contributed by atoms with Gasteiger partial charge in [0.15, 0.2) is 0 Å². The maximum atomic E-state index is 13.5. The van der Waals surface area contributed by atoms with Crippen molar-refractivity contribution in [2.45, 2.75) is 26.4 Å². The standard InChI is InChI=1S/C17H18FN3/c1-2-17-20-15-5-3-4-6-16(15)21(17)11-13-9-14(18)8-7-12(13)10-19/h3-9H,2,10-11,19H2,1H3. The number of fused-ring (bicyclic) bond motifs is 1. The molecule has 4 heteroatoms. The molecular formula is C17H18FN3. The smallest absolute Gasteiger partial charge is 0.123 e. The summed E-state index contributed by atoms with van der Waals surface area (Å²) in [5, 5.41) is 0. The van der Waals surface area contributed by atoms with Gasteiger partial charge in [-0.3, -0.25) is 0 Å². The molecule has 0 spiro atoms. The van der Waals surface area contributed by atoms with Gasteiger partial charge in [-0.2, -0.15) is 0 Å². The van der Waals surface area contributed by atoms with Crippen molar-refractivity contribution in [1.29, 1.82) is 0 Å². The van der Waals surface area contributed by atoms with Gasteiger partial charge in [0.05, 0.1) is 11.0 Å². The lowest BCUT2D eigenvalue weighted by Gasteiger charge is -2.12. The normalized spacial score (nSPS) is 11.2. The average molecular weight is 283 g/mol. The number of hydrogen-bond acceptors (Lipinski definition) is 2. The molecule has 0 bridgehead atoms. The van der Waals surface area contributed by atoms with Crippen molar-refractivity contribution >= 4 is 11.0 Å². The molecule has 0 saturated carbocycles. The van der Waals surface area contributed by atoms with Crippen LogP contribution >= 0.6 is 0 Å². The first-order chi connectivity index (χ1) is 10.2. The predicted octanol–water partition coefficient (Wildman–Crippen LogP) is 3.24. The maximum absolute atomic E-state index is 13.5. The first-order valence-corrected chi connectivity index (χ1v) is 7.14. The van der Waals surface area contributed by atoms with E-state index in [1.807, 2.05) is 24.3 Å². The van der Waals surface area contributed by atoms with Gasteiger partial charge in [0, 0.05) is 19.5 Å². The van der Waals surface area contributed by atoms with Crippen LogP contribution in [0, 0.1) is 5.82 Å². The largest absolute Gasteiger partial charge is 0.326 e. The summed E-state index contributed by atoms with van der Waals surface area (Å²) in [4.78, 5) is 4.64. The van der Waals surface area contributed by atoms with E-state index in [2.05, 4.69) is 16.5 Å². The van der Waals surface area contributed by atoms with Crippen molar-refractivity contribution in [2.24, 2.45) is 5.73 Å². The van der Waals surface area contributed by atoms with Gasteiger partial charge in [-0.15, -0.1) is 0 Å². The summed E-state index contributed by atoms with van der Waals surface area (Å²) in [6.07, 6.45) is 0.835. The van der Waals surface area contributed by atoms with E-state index in [0.717, 1.165) is 34.4 Å². The number of nitrogens with two attached hydrogens (primary N) is 1. The molecule has 0 radical (unpaired) electrons. The predicted molar refractivity (Wildman–Crippen MR) is 82.5 cm³/mol.